The molecule has 0 radical (unpaired) electrons. The molecule has 1 aromatic rings. The molecule has 1 aliphatic heterocycles. The Hall–Kier alpha value is -0.900. The number of nitrogens with one attached hydrogen (secondary N) is 1. The van der Waals surface area contributed by atoms with Gasteiger partial charge in [-0.05, 0) is 38.2 Å². The molecule has 1 aliphatic carbocycles. The highest BCUT2D eigenvalue weighted by Crippen LogP contribution is 2.33. The van der Waals surface area contributed by atoms with E-state index in [1.54, 1.807) is 0 Å². The number of nitrogens with zero attached hydrogens (tertiary/aromatic N) is 1. The summed E-state index contributed by atoms with van der Waals surface area (Å²) >= 11 is 0. The molecule has 110 valence electrons. The predicted molar refractivity (Wildman–Crippen MR) is 81.8 cm³/mol. The van der Waals surface area contributed by atoms with Gasteiger partial charge in [-0.25, -0.2) is 0 Å². The SMILES string of the molecule is CC1CC(N[C@H](CO)Cc2ccccc2)CN1C1CC1. The maximum atomic E-state index is 9.62. The number of hydrogen-bond acceptors (Lipinski definition) is 3. The Kier molecular flexibility index (Phi) is 4.39. The van der Waals surface area contributed by atoms with E-state index in [0.29, 0.717) is 12.1 Å². The van der Waals surface area contributed by atoms with Crippen molar-refractivity contribution in [2.45, 2.75) is 56.8 Å². The van der Waals surface area contributed by atoms with Crippen LogP contribution in [0.1, 0.15) is 31.7 Å². The summed E-state index contributed by atoms with van der Waals surface area (Å²) in [6.07, 6.45) is 4.88. The van der Waals surface area contributed by atoms with Gasteiger partial charge in [-0.15, -0.1) is 0 Å². The van der Waals surface area contributed by atoms with E-state index in [1.807, 2.05) is 6.07 Å². The molecular formula is C17H26N2O. The zero-order chi connectivity index (χ0) is 13.9. The first kappa shape index (κ1) is 14.1. The lowest BCUT2D eigenvalue weighted by Crippen LogP contribution is -2.43. The normalized spacial score (nSPS) is 28.7. The van der Waals surface area contributed by atoms with Crippen LogP contribution < -0.4 is 5.32 Å². The number of aliphatic hydroxyl groups excluding tert-OH is 1. The summed E-state index contributed by atoms with van der Waals surface area (Å²) in [4.78, 5) is 2.65. The van der Waals surface area contributed by atoms with Crippen LogP contribution in [0.15, 0.2) is 30.3 Å². The second kappa shape index (κ2) is 6.25. The molecule has 0 aromatic heterocycles. The third-order valence-electron chi connectivity index (χ3n) is 4.66. The lowest BCUT2D eigenvalue weighted by Gasteiger charge is -2.22. The highest BCUT2D eigenvalue weighted by Gasteiger charge is 2.39. The standard InChI is InChI=1S/C17H26N2O/c1-13-9-15(11-19(13)17-7-8-17)18-16(12-20)10-14-5-3-2-4-6-14/h2-6,13,15-18,20H,7-12H2,1H3/t13?,15?,16-/m0/s1. The Morgan fingerprint density at radius 2 is 2.05 bits per heavy atom. The number of aliphatic hydroxyl groups is 1. The Morgan fingerprint density at radius 1 is 1.30 bits per heavy atom. The molecule has 2 N–H and O–H groups in total. The number of likely N-dealkylation sites (tertiary alicyclic amines) is 1. The van der Waals surface area contributed by atoms with Crippen LogP contribution in [0, 0.1) is 0 Å². The quantitative estimate of drug-likeness (QED) is 0.830. The van der Waals surface area contributed by atoms with Gasteiger partial charge < -0.3 is 10.4 Å². The molecule has 1 aromatic carbocycles. The van der Waals surface area contributed by atoms with Crippen molar-refractivity contribution in [1.82, 2.24) is 10.2 Å². The lowest BCUT2D eigenvalue weighted by molar-refractivity contribution is 0.224. The molecule has 3 nitrogen and oxygen atoms in total. The first-order valence-electron chi connectivity index (χ1n) is 7.93. The minimum absolute atomic E-state index is 0.175. The summed E-state index contributed by atoms with van der Waals surface area (Å²) < 4.78 is 0. The molecule has 2 fully saturated rings. The van der Waals surface area contributed by atoms with Gasteiger partial charge >= 0.3 is 0 Å². The topological polar surface area (TPSA) is 35.5 Å². The summed E-state index contributed by atoms with van der Waals surface area (Å²) in [5, 5.41) is 13.3. The summed E-state index contributed by atoms with van der Waals surface area (Å²) in [6, 6.07) is 12.7. The van der Waals surface area contributed by atoms with Crippen LogP contribution in [-0.2, 0) is 6.42 Å². The summed E-state index contributed by atoms with van der Waals surface area (Å²) in [5.41, 5.74) is 1.30. The van der Waals surface area contributed by atoms with E-state index in [4.69, 9.17) is 0 Å². The summed E-state index contributed by atoms with van der Waals surface area (Å²) in [5.74, 6) is 0. The first-order valence-corrected chi connectivity index (χ1v) is 7.93. The summed E-state index contributed by atoms with van der Waals surface area (Å²) in [7, 11) is 0. The van der Waals surface area contributed by atoms with Gasteiger partial charge in [-0.3, -0.25) is 4.90 Å². The number of rotatable bonds is 6. The van der Waals surface area contributed by atoms with Gasteiger partial charge in [0.2, 0.25) is 0 Å². The highest BCUT2D eigenvalue weighted by molar-refractivity contribution is 5.16. The van der Waals surface area contributed by atoms with Crippen molar-refractivity contribution in [2.24, 2.45) is 0 Å². The van der Waals surface area contributed by atoms with Crippen LogP contribution in [0.2, 0.25) is 0 Å². The van der Waals surface area contributed by atoms with Crippen molar-refractivity contribution in [1.29, 1.82) is 0 Å². The maximum absolute atomic E-state index is 9.62. The third kappa shape index (κ3) is 3.40. The summed E-state index contributed by atoms with van der Waals surface area (Å²) in [6.45, 7) is 3.70. The second-order valence-corrected chi connectivity index (χ2v) is 6.45. The van der Waals surface area contributed by atoms with Gasteiger partial charge in [0.15, 0.2) is 0 Å². The van der Waals surface area contributed by atoms with Crippen LogP contribution in [0.4, 0.5) is 0 Å². The van der Waals surface area contributed by atoms with Crippen molar-refractivity contribution < 1.29 is 5.11 Å². The molecule has 3 rings (SSSR count). The minimum Gasteiger partial charge on any atom is -0.395 e. The van der Waals surface area contributed by atoms with E-state index in [9.17, 15) is 5.11 Å². The molecule has 2 aliphatic rings. The van der Waals surface area contributed by atoms with Crippen molar-refractivity contribution in [3.8, 4) is 0 Å². The van der Waals surface area contributed by atoms with Gasteiger partial charge in [0.1, 0.15) is 0 Å². The maximum Gasteiger partial charge on any atom is 0.0587 e. The largest absolute Gasteiger partial charge is 0.395 e. The first-order chi connectivity index (χ1) is 9.76. The molecule has 3 atom stereocenters. The van der Waals surface area contributed by atoms with E-state index >= 15 is 0 Å². The molecule has 1 saturated carbocycles. The second-order valence-electron chi connectivity index (χ2n) is 6.45. The Labute approximate surface area is 122 Å². The van der Waals surface area contributed by atoms with E-state index in [2.05, 4.69) is 41.4 Å². The molecule has 0 spiro atoms. The fourth-order valence-corrected chi connectivity index (χ4v) is 3.50. The fourth-order valence-electron chi connectivity index (χ4n) is 3.50. The van der Waals surface area contributed by atoms with E-state index < -0.39 is 0 Å². The Balaban J connectivity index is 1.53. The van der Waals surface area contributed by atoms with Gasteiger partial charge in [0.05, 0.1) is 6.61 Å². The third-order valence-corrected chi connectivity index (χ3v) is 4.66. The van der Waals surface area contributed by atoms with Crippen LogP contribution in [-0.4, -0.2) is 47.3 Å². The zero-order valence-electron chi connectivity index (χ0n) is 12.3. The molecule has 0 bridgehead atoms. The highest BCUT2D eigenvalue weighted by atomic mass is 16.3. The molecule has 1 saturated heterocycles. The molecule has 3 heteroatoms. The minimum atomic E-state index is 0.175. The van der Waals surface area contributed by atoms with E-state index in [0.717, 1.165) is 19.0 Å². The average molecular weight is 274 g/mol. The van der Waals surface area contributed by atoms with Crippen LogP contribution >= 0.6 is 0 Å². The van der Waals surface area contributed by atoms with Crippen molar-refractivity contribution in [2.75, 3.05) is 13.2 Å². The number of hydrogen-bond donors (Lipinski definition) is 2. The van der Waals surface area contributed by atoms with E-state index in [1.165, 1.54) is 24.8 Å². The van der Waals surface area contributed by atoms with Crippen molar-refractivity contribution in [3.63, 3.8) is 0 Å². The zero-order valence-corrected chi connectivity index (χ0v) is 12.3. The Bertz CT molecular complexity index is 418. The molecular weight excluding hydrogens is 248 g/mol. The molecule has 2 unspecified atom stereocenters. The van der Waals surface area contributed by atoms with Gasteiger partial charge in [-0.1, -0.05) is 30.3 Å². The predicted octanol–water partition coefficient (Wildman–Crippen LogP) is 1.80. The smallest absolute Gasteiger partial charge is 0.0587 e. The molecule has 1 heterocycles. The number of benzene rings is 1. The van der Waals surface area contributed by atoms with Crippen LogP contribution in [0.5, 0.6) is 0 Å². The van der Waals surface area contributed by atoms with Gasteiger partial charge in [-0.2, -0.15) is 0 Å². The molecule has 0 amide bonds. The van der Waals surface area contributed by atoms with Gasteiger partial charge in [0, 0.05) is 30.7 Å². The van der Waals surface area contributed by atoms with Crippen LogP contribution in [0.3, 0.4) is 0 Å². The van der Waals surface area contributed by atoms with Crippen LogP contribution in [0.25, 0.3) is 0 Å². The van der Waals surface area contributed by atoms with Crippen molar-refractivity contribution in [3.05, 3.63) is 35.9 Å². The van der Waals surface area contributed by atoms with E-state index in [-0.39, 0.29) is 12.6 Å². The fraction of sp³-hybridized carbons (Fsp3) is 0.647. The lowest BCUT2D eigenvalue weighted by atomic mass is 10.0. The van der Waals surface area contributed by atoms with Crippen molar-refractivity contribution >= 4 is 0 Å². The monoisotopic (exact) mass is 274 g/mol. The molecule has 20 heavy (non-hydrogen) atoms. The van der Waals surface area contributed by atoms with Gasteiger partial charge in [0.25, 0.3) is 0 Å². The average Bonchev–Trinajstić information content (AvgIpc) is 3.24. The Morgan fingerprint density at radius 3 is 2.70 bits per heavy atom.